The van der Waals surface area contributed by atoms with E-state index < -0.39 is 16.0 Å². The third-order valence-corrected chi connectivity index (χ3v) is 7.62. The van der Waals surface area contributed by atoms with Gasteiger partial charge in [0, 0.05) is 30.4 Å². The number of nitrogens with zero attached hydrogens (tertiary/aromatic N) is 1. The number of aromatic nitrogens is 1. The van der Waals surface area contributed by atoms with Crippen LogP contribution in [0.3, 0.4) is 0 Å². The quantitative estimate of drug-likeness (QED) is 0.347. The number of nitrogens with one attached hydrogen (secondary N) is 1. The Labute approximate surface area is 206 Å². The fourth-order valence-corrected chi connectivity index (χ4v) is 4.99. The largest absolute Gasteiger partial charge is 0.481 e. The summed E-state index contributed by atoms with van der Waals surface area (Å²) in [4.78, 5) is 15.2. The smallest absolute Gasteiger partial charge is 0.303 e. The van der Waals surface area contributed by atoms with Crippen LogP contribution >= 0.6 is 11.6 Å². The number of hydrogen-bond donors (Lipinski definition) is 2. The van der Waals surface area contributed by atoms with Gasteiger partial charge in [0.25, 0.3) is 0 Å². The Kier molecular flexibility index (Phi) is 9.21. The van der Waals surface area contributed by atoms with Gasteiger partial charge in [-0.2, -0.15) is 0 Å². The molecule has 1 heterocycles. The highest BCUT2D eigenvalue weighted by molar-refractivity contribution is 7.89. The summed E-state index contributed by atoms with van der Waals surface area (Å²) < 4.78 is 28.4. The third kappa shape index (κ3) is 7.65. The number of halogens is 1. The molecule has 0 amide bonds. The Hall–Kier alpha value is -2.74. The highest BCUT2D eigenvalue weighted by atomic mass is 35.5. The molecule has 2 aromatic carbocycles. The molecule has 0 aliphatic carbocycles. The van der Waals surface area contributed by atoms with Crippen LogP contribution in [-0.4, -0.2) is 31.0 Å². The first-order valence-electron chi connectivity index (χ1n) is 11.2. The average molecular weight is 501 g/mol. The maximum atomic E-state index is 12.8. The molecular formula is C26H29ClN2O4S. The van der Waals surface area contributed by atoms with Crippen molar-refractivity contribution in [3.05, 3.63) is 94.8 Å². The first-order valence-corrected chi connectivity index (χ1v) is 13.1. The van der Waals surface area contributed by atoms with E-state index in [-0.39, 0.29) is 29.7 Å². The first-order chi connectivity index (χ1) is 16.2. The SMILES string of the molecule is CC(CCC(CNS(=O)(=O)c1ccc(Cl)cc1)c1ccc(CCC(=O)O)cc1)c1cccnc1. The van der Waals surface area contributed by atoms with Gasteiger partial charge in [-0.3, -0.25) is 9.78 Å². The molecule has 180 valence electrons. The van der Waals surface area contributed by atoms with Crippen LogP contribution in [-0.2, 0) is 21.2 Å². The normalized spacial score (nSPS) is 13.4. The minimum atomic E-state index is -3.68. The molecule has 0 bridgehead atoms. The molecule has 2 N–H and O–H groups in total. The van der Waals surface area contributed by atoms with Crippen molar-refractivity contribution in [2.24, 2.45) is 0 Å². The van der Waals surface area contributed by atoms with E-state index in [4.69, 9.17) is 16.7 Å². The lowest BCUT2D eigenvalue weighted by atomic mass is 9.88. The van der Waals surface area contributed by atoms with Crippen LogP contribution in [0.4, 0.5) is 0 Å². The van der Waals surface area contributed by atoms with E-state index in [0.29, 0.717) is 11.4 Å². The third-order valence-electron chi connectivity index (χ3n) is 5.92. The van der Waals surface area contributed by atoms with Gasteiger partial charge in [-0.1, -0.05) is 48.9 Å². The molecule has 0 aliphatic heterocycles. The number of aliphatic carboxylic acids is 1. The van der Waals surface area contributed by atoms with Crippen LogP contribution in [0.5, 0.6) is 0 Å². The molecule has 3 rings (SSSR count). The van der Waals surface area contributed by atoms with Crippen molar-refractivity contribution in [3.63, 3.8) is 0 Å². The number of carboxylic acid groups (broad SMARTS) is 1. The van der Waals surface area contributed by atoms with Crippen molar-refractivity contribution < 1.29 is 18.3 Å². The molecule has 0 saturated carbocycles. The number of aryl methyl sites for hydroxylation is 1. The second kappa shape index (κ2) is 12.1. The van der Waals surface area contributed by atoms with E-state index in [0.717, 1.165) is 29.5 Å². The van der Waals surface area contributed by atoms with Crippen LogP contribution in [0.25, 0.3) is 0 Å². The lowest BCUT2D eigenvalue weighted by Gasteiger charge is -2.21. The number of carboxylic acids is 1. The maximum absolute atomic E-state index is 12.8. The van der Waals surface area contributed by atoms with E-state index in [1.165, 1.54) is 12.1 Å². The fraction of sp³-hybridized carbons (Fsp3) is 0.308. The Morgan fingerprint density at radius 1 is 1.03 bits per heavy atom. The van der Waals surface area contributed by atoms with Gasteiger partial charge in [0.2, 0.25) is 10.0 Å². The summed E-state index contributed by atoms with van der Waals surface area (Å²) in [6.07, 6.45) is 5.78. The van der Waals surface area contributed by atoms with Crippen molar-refractivity contribution in [3.8, 4) is 0 Å². The van der Waals surface area contributed by atoms with Crippen LogP contribution in [0.1, 0.15) is 54.7 Å². The lowest BCUT2D eigenvalue weighted by molar-refractivity contribution is -0.136. The van der Waals surface area contributed by atoms with Crippen molar-refractivity contribution in [2.45, 2.75) is 49.3 Å². The van der Waals surface area contributed by atoms with Crippen LogP contribution < -0.4 is 4.72 Å². The zero-order chi connectivity index (χ0) is 24.6. The molecule has 2 atom stereocenters. The summed E-state index contributed by atoms with van der Waals surface area (Å²) in [5.74, 6) is -0.600. The Morgan fingerprint density at radius 3 is 2.35 bits per heavy atom. The second-order valence-corrected chi connectivity index (χ2v) is 10.6. The van der Waals surface area contributed by atoms with Crippen LogP contribution in [0, 0.1) is 0 Å². The molecule has 0 spiro atoms. The summed E-state index contributed by atoms with van der Waals surface area (Å²) in [6.45, 7) is 2.39. The topological polar surface area (TPSA) is 96.4 Å². The Morgan fingerprint density at radius 2 is 1.74 bits per heavy atom. The van der Waals surface area contributed by atoms with Gasteiger partial charge in [0.05, 0.1) is 4.90 Å². The summed E-state index contributed by atoms with van der Waals surface area (Å²) in [7, 11) is -3.68. The summed E-state index contributed by atoms with van der Waals surface area (Å²) in [6, 6.07) is 17.8. The van der Waals surface area contributed by atoms with Gasteiger partial charge in [-0.05, 0) is 78.1 Å². The number of hydrogen-bond acceptors (Lipinski definition) is 4. The van der Waals surface area contributed by atoms with Crippen molar-refractivity contribution in [2.75, 3.05) is 6.54 Å². The number of carbonyl (C=O) groups is 1. The average Bonchev–Trinajstić information content (AvgIpc) is 2.84. The molecule has 8 heteroatoms. The van der Waals surface area contributed by atoms with Crippen LogP contribution in [0.15, 0.2) is 78.0 Å². The van der Waals surface area contributed by atoms with Crippen molar-refractivity contribution in [1.82, 2.24) is 9.71 Å². The van der Waals surface area contributed by atoms with Gasteiger partial charge in [-0.15, -0.1) is 0 Å². The summed E-state index contributed by atoms with van der Waals surface area (Å²) in [5.41, 5.74) is 3.10. The monoisotopic (exact) mass is 500 g/mol. The van der Waals surface area contributed by atoms with E-state index in [1.54, 1.807) is 18.3 Å². The van der Waals surface area contributed by atoms with Gasteiger partial charge in [-0.25, -0.2) is 13.1 Å². The molecular weight excluding hydrogens is 472 g/mol. The van der Waals surface area contributed by atoms with E-state index in [9.17, 15) is 13.2 Å². The molecule has 0 fully saturated rings. The molecule has 0 aliphatic rings. The molecule has 3 aromatic rings. The number of sulfonamides is 1. The standard InChI is InChI=1S/C26H29ClN2O4S/c1-19(22-3-2-16-28-17-22)4-8-23(21-9-5-20(6-10-21)7-15-26(30)31)18-29-34(32,33)25-13-11-24(27)12-14-25/h2-3,5-6,9-14,16-17,19,23,29H,4,7-8,15,18H2,1H3,(H,30,31). The highest BCUT2D eigenvalue weighted by Crippen LogP contribution is 2.28. The molecule has 0 saturated heterocycles. The van der Waals surface area contributed by atoms with E-state index in [2.05, 4.69) is 16.6 Å². The Balaban J connectivity index is 1.74. The zero-order valence-electron chi connectivity index (χ0n) is 19.0. The fourth-order valence-electron chi connectivity index (χ4n) is 3.79. The van der Waals surface area contributed by atoms with Crippen LogP contribution in [0.2, 0.25) is 5.02 Å². The van der Waals surface area contributed by atoms with E-state index >= 15 is 0 Å². The van der Waals surface area contributed by atoms with Gasteiger partial charge in [0.15, 0.2) is 0 Å². The van der Waals surface area contributed by atoms with Crippen molar-refractivity contribution >= 4 is 27.6 Å². The zero-order valence-corrected chi connectivity index (χ0v) is 20.6. The highest BCUT2D eigenvalue weighted by Gasteiger charge is 2.20. The number of benzene rings is 2. The first kappa shape index (κ1) is 25.9. The minimum absolute atomic E-state index is 0.0466. The number of pyridine rings is 1. The second-order valence-electron chi connectivity index (χ2n) is 8.40. The van der Waals surface area contributed by atoms with Gasteiger partial charge >= 0.3 is 5.97 Å². The molecule has 34 heavy (non-hydrogen) atoms. The summed E-state index contributed by atoms with van der Waals surface area (Å²) >= 11 is 5.89. The van der Waals surface area contributed by atoms with Gasteiger partial charge in [0.1, 0.15) is 0 Å². The maximum Gasteiger partial charge on any atom is 0.303 e. The summed E-state index contributed by atoms with van der Waals surface area (Å²) in [5, 5.41) is 9.39. The molecule has 1 aromatic heterocycles. The number of rotatable bonds is 12. The van der Waals surface area contributed by atoms with Crippen molar-refractivity contribution in [1.29, 1.82) is 0 Å². The molecule has 6 nitrogen and oxygen atoms in total. The molecule has 0 radical (unpaired) electrons. The van der Waals surface area contributed by atoms with Gasteiger partial charge < -0.3 is 5.11 Å². The lowest BCUT2D eigenvalue weighted by Crippen LogP contribution is -2.28. The predicted molar refractivity (Wildman–Crippen MR) is 134 cm³/mol. The molecule has 2 unspecified atom stereocenters. The Bertz CT molecular complexity index is 1170. The minimum Gasteiger partial charge on any atom is -0.481 e. The predicted octanol–water partition coefficient (Wildman–Crippen LogP) is 5.40. The van der Waals surface area contributed by atoms with E-state index in [1.807, 2.05) is 42.6 Å².